The standard InChI is InChI=1S/C15H21N3O2/c1-4-19-14-8-9-15(20-5-2)12(10-14)6-7-13-11-18(3)17-16-13/h8-11H,4-7H2,1-3H3. The highest BCUT2D eigenvalue weighted by molar-refractivity contribution is 5.40. The zero-order valence-corrected chi connectivity index (χ0v) is 12.3. The van der Waals surface area contributed by atoms with Crippen LogP contribution in [0.1, 0.15) is 25.1 Å². The van der Waals surface area contributed by atoms with Gasteiger partial charge in [0.05, 0.1) is 18.9 Å². The highest BCUT2D eigenvalue weighted by atomic mass is 16.5. The number of nitrogens with zero attached hydrogens (tertiary/aromatic N) is 3. The smallest absolute Gasteiger partial charge is 0.122 e. The van der Waals surface area contributed by atoms with E-state index in [4.69, 9.17) is 9.47 Å². The predicted molar refractivity (Wildman–Crippen MR) is 77.2 cm³/mol. The Bertz CT molecular complexity index is 552. The third kappa shape index (κ3) is 3.73. The molecular formula is C15H21N3O2. The summed E-state index contributed by atoms with van der Waals surface area (Å²) in [5, 5.41) is 8.05. The highest BCUT2D eigenvalue weighted by Crippen LogP contribution is 2.25. The molecule has 0 aliphatic rings. The van der Waals surface area contributed by atoms with E-state index in [1.807, 2.05) is 45.3 Å². The van der Waals surface area contributed by atoms with Gasteiger partial charge in [0.25, 0.3) is 0 Å². The Kier molecular flexibility index (Phi) is 4.98. The van der Waals surface area contributed by atoms with Crippen LogP contribution in [0.15, 0.2) is 24.4 Å². The molecule has 0 amide bonds. The summed E-state index contributed by atoms with van der Waals surface area (Å²) in [7, 11) is 1.87. The third-order valence-corrected chi connectivity index (χ3v) is 2.94. The molecule has 1 heterocycles. The molecule has 1 aromatic carbocycles. The first-order valence-electron chi connectivity index (χ1n) is 6.96. The minimum atomic E-state index is 0.659. The molecule has 0 aliphatic heterocycles. The lowest BCUT2D eigenvalue weighted by atomic mass is 10.1. The Morgan fingerprint density at radius 3 is 2.55 bits per heavy atom. The molecule has 0 N–H and O–H groups in total. The van der Waals surface area contributed by atoms with Gasteiger partial charge in [-0.1, -0.05) is 5.21 Å². The van der Waals surface area contributed by atoms with Gasteiger partial charge in [0.2, 0.25) is 0 Å². The van der Waals surface area contributed by atoms with Crippen molar-refractivity contribution in [2.24, 2.45) is 7.05 Å². The molecule has 0 fully saturated rings. The quantitative estimate of drug-likeness (QED) is 0.778. The van der Waals surface area contributed by atoms with E-state index in [2.05, 4.69) is 10.3 Å². The maximum atomic E-state index is 5.67. The van der Waals surface area contributed by atoms with Gasteiger partial charge in [-0.15, -0.1) is 5.10 Å². The fourth-order valence-corrected chi connectivity index (χ4v) is 2.08. The van der Waals surface area contributed by atoms with Crippen LogP contribution in [0.3, 0.4) is 0 Å². The number of aromatic nitrogens is 3. The predicted octanol–water partition coefficient (Wildman–Crippen LogP) is 2.40. The van der Waals surface area contributed by atoms with Crippen molar-refractivity contribution in [1.82, 2.24) is 15.0 Å². The summed E-state index contributed by atoms with van der Waals surface area (Å²) in [4.78, 5) is 0. The van der Waals surface area contributed by atoms with Crippen LogP contribution in [0.25, 0.3) is 0 Å². The van der Waals surface area contributed by atoms with E-state index >= 15 is 0 Å². The summed E-state index contributed by atoms with van der Waals surface area (Å²) in [6, 6.07) is 5.96. The lowest BCUT2D eigenvalue weighted by molar-refractivity contribution is 0.327. The SMILES string of the molecule is CCOc1ccc(OCC)c(CCc2cn(C)nn2)c1. The van der Waals surface area contributed by atoms with E-state index in [1.54, 1.807) is 4.68 Å². The second-order valence-corrected chi connectivity index (χ2v) is 4.52. The molecule has 0 saturated carbocycles. The Morgan fingerprint density at radius 2 is 1.90 bits per heavy atom. The summed E-state index contributed by atoms with van der Waals surface area (Å²) in [5.41, 5.74) is 2.13. The van der Waals surface area contributed by atoms with Gasteiger partial charge in [-0.05, 0) is 50.5 Å². The number of aryl methyl sites for hydroxylation is 3. The molecule has 20 heavy (non-hydrogen) atoms. The number of hydrogen-bond donors (Lipinski definition) is 0. The summed E-state index contributed by atoms with van der Waals surface area (Å²) < 4.78 is 12.9. The molecule has 0 saturated heterocycles. The van der Waals surface area contributed by atoms with Gasteiger partial charge in [-0.3, -0.25) is 4.68 Å². The molecular weight excluding hydrogens is 254 g/mol. The minimum absolute atomic E-state index is 0.659. The molecule has 0 aliphatic carbocycles. The monoisotopic (exact) mass is 275 g/mol. The fraction of sp³-hybridized carbons (Fsp3) is 0.467. The highest BCUT2D eigenvalue weighted by Gasteiger charge is 2.08. The molecule has 0 spiro atoms. The molecule has 0 atom stereocenters. The van der Waals surface area contributed by atoms with E-state index in [-0.39, 0.29) is 0 Å². The Balaban J connectivity index is 2.11. The van der Waals surface area contributed by atoms with Crippen molar-refractivity contribution in [3.63, 3.8) is 0 Å². The normalized spacial score (nSPS) is 10.6. The molecule has 108 valence electrons. The minimum Gasteiger partial charge on any atom is -0.494 e. The zero-order chi connectivity index (χ0) is 14.4. The van der Waals surface area contributed by atoms with Gasteiger partial charge in [-0.25, -0.2) is 0 Å². The van der Waals surface area contributed by atoms with Crippen LogP contribution < -0.4 is 9.47 Å². The molecule has 5 heteroatoms. The molecule has 0 radical (unpaired) electrons. The fourth-order valence-electron chi connectivity index (χ4n) is 2.08. The molecule has 0 unspecified atom stereocenters. The van der Waals surface area contributed by atoms with Crippen LogP contribution in [-0.4, -0.2) is 28.2 Å². The first-order chi connectivity index (χ1) is 9.72. The first kappa shape index (κ1) is 14.4. The summed E-state index contributed by atoms with van der Waals surface area (Å²) >= 11 is 0. The number of ether oxygens (including phenoxy) is 2. The van der Waals surface area contributed by atoms with Crippen LogP contribution in [0, 0.1) is 0 Å². The lowest BCUT2D eigenvalue weighted by Gasteiger charge is -2.12. The second kappa shape index (κ2) is 6.93. The lowest BCUT2D eigenvalue weighted by Crippen LogP contribution is -2.00. The summed E-state index contributed by atoms with van der Waals surface area (Å²) in [5.74, 6) is 1.80. The van der Waals surface area contributed by atoms with E-state index < -0.39 is 0 Å². The van der Waals surface area contributed by atoms with E-state index in [0.29, 0.717) is 13.2 Å². The van der Waals surface area contributed by atoms with Crippen molar-refractivity contribution >= 4 is 0 Å². The van der Waals surface area contributed by atoms with Crippen molar-refractivity contribution in [1.29, 1.82) is 0 Å². The Labute approximate surface area is 119 Å². The maximum Gasteiger partial charge on any atom is 0.122 e. The van der Waals surface area contributed by atoms with Gasteiger partial charge in [0.1, 0.15) is 11.5 Å². The third-order valence-electron chi connectivity index (χ3n) is 2.94. The van der Waals surface area contributed by atoms with Crippen LogP contribution in [-0.2, 0) is 19.9 Å². The van der Waals surface area contributed by atoms with Crippen molar-refractivity contribution in [2.45, 2.75) is 26.7 Å². The van der Waals surface area contributed by atoms with Gasteiger partial charge in [-0.2, -0.15) is 0 Å². The van der Waals surface area contributed by atoms with E-state index in [1.165, 1.54) is 0 Å². The van der Waals surface area contributed by atoms with Crippen molar-refractivity contribution in [3.05, 3.63) is 35.7 Å². The average Bonchev–Trinajstić information content (AvgIpc) is 2.85. The second-order valence-electron chi connectivity index (χ2n) is 4.52. The average molecular weight is 275 g/mol. The topological polar surface area (TPSA) is 49.2 Å². The van der Waals surface area contributed by atoms with Crippen LogP contribution in [0.4, 0.5) is 0 Å². The van der Waals surface area contributed by atoms with Crippen LogP contribution >= 0.6 is 0 Å². The summed E-state index contributed by atoms with van der Waals surface area (Å²) in [6.45, 7) is 5.29. The molecule has 2 aromatic rings. The first-order valence-corrected chi connectivity index (χ1v) is 6.96. The molecule has 1 aromatic heterocycles. The van der Waals surface area contributed by atoms with Crippen molar-refractivity contribution < 1.29 is 9.47 Å². The van der Waals surface area contributed by atoms with Crippen molar-refractivity contribution in [2.75, 3.05) is 13.2 Å². The van der Waals surface area contributed by atoms with Gasteiger partial charge >= 0.3 is 0 Å². The molecule has 5 nitrogen and oxygen atoms in total. The molecule has 2 rings (SSSR count). The Morgan fingerprint density at radius 1 is 1.10 bits per heavy atom. The zero-order valence-electron chi connectivity index (χ0n) is 12.3. The maximum absolute atomic E-state index is 5.67. The number of hydrogen-bond acceptors (Lipinski definition) is 4. The molecule has 0 bridgehead atoms. The van der Waals surface area contributed by atoms with E-state index in [9.17, 15) is 0 Å². The largest absolute Gasteiger partial charge is 0.494 e. The Hall–Kier alpha value is -2.04. The van der Waals surface area contributed by atoms with Gasteiger partial charge in [0, 0.05) is 13.2 Å². The van der Waals surface area contributed by atoms with E-state index in [0.717, 1.165) is 35.6 Å². The number of benzene rings is 1. The van der Waals surface area contributed by atoms with Gasteiger partial charge < -0.3 is 9.47 Å². The summed E-state index contributed by atoms with van der Waals surface area (Å²) in [6.07, 6.45) is 3.63. The number of rotatable bonds is 7. The van der Waals surface area contributed by atoms with Gasteiger partial charge in [0.15, 0.2) is 0 Å². The van der Waals surface area contributed by atoms with Crippen molar-refractivity contribution in [3.8, 4) is 11.5 Å². The van der Waals surface area contributed by atoms with Crippen LogP contribution in [0.2, 0.25) is 0 Å². The van der Waals surface area contributed by atoms with Crippen LogP contribution in [0.5, 0.6) is 11.5 Å².